The average molecular weight is 186 g/mol. The normalized spacial score (nSPS) is 9.38. The second-order valence-electron chi connectivity index (χ2n) is 2.75. The van der Waals surface area contributed by atoms with E-state index in [1.807, 2.05) is 0 Å². The van der Waals surface area contributed by atoms with Crippen molar-refractivity contribution in [2.75, 3.05) is 6.61 Å². The average Bonchev–Trinajstić information content (AvgIpc) is 2.10. The number of rotatable bonds is 6. The van der Waals surface area contributed by atoms with Gasteiger partial charge in [0.15, 0.2) is 5.78 Å². The van der Waals surface area contributed by atoms with Crippen molar-refractivity contribution in [1.82, 2.24) is 0 Å². The van der Waals surface area contributed by atoms with Gasteiger partial charge in [0.2, 0.25) is 0 Å². The van der Waals surface area contributed by atoms with Crippen LogP contribution in [0, 0.1) is 0 Å². The predicted octanol–water partition coefficient (Wildman–Crippen LogP) is 0.878. The first-order valence-corrected chi connectivity index (χ1v) is 4.23. The summed E-state index contributed by atoms with van der Waals surface area (Å²) in [4.78, 5) is 32.0. The summed E-state index contributed by atoms with van der Waals surface area (Å²) < 4.78 is 4.59. The van der Waals surface area contributed by atoms with Crippen LogP contribution in [0.1, 0.15) is 33.1 Å². The van der Waals surface area contributed by atoms with Crippen LogP contribution < -0.4 is 0 Å². The molecule has 0 aromatic carbocycles. The van der Waals surface area contributed by atoms with E-state index in [4.69, 9.17) is 0 Å². The first kappa shape index (κ1) is 11.8. The number of ketones is 2. The summed E-state index contributed by atoms with van der Waals surface area (Å²) in [5.74, 6) is -0.636. The highest BCUT2D eigenvalue weighted by molar-refractivity contribution is 5.86. The van der Waals surface area contributed by atoms with Gasteiger partial charge in [-0.15, -0.1) is 0 Å². The minimum absolute atomic E-state index is 0.0323. The van der Waals surface area contributed by atoms with E-state index in [0.717, 1.165) is 0 Å². The lowest BCUT2D eigenvalue weighted by Crippen LogP contribution is -2.13. The standard InChI is InChI=1S/C9H14O4/c1-3-9(12)13-6-8(11)5-4-7(2)10/h3-6H2,1-2H3. The van der Waals surface area contributed by atoms with E-state index in [1.54, 1.807) is 6.92 Å². The number of ether oxygens (including phenoxy) is 1. The van der Waals surface area contributed by atoms with Crippen molar-refractivity contribution in [3.63, 3.8) is 0 Å². The maximum atomic E-state index is 10.9. The summed E-state index contributed by atoms with van der Waals surface area (Å²) in [7, 11) is 0. The predicted molar refractivity (Wildman–Crippen MR) is 46.2 cm³/mol. The summed E-state index contributed by atoms with van der Waals surface area (Å²) in [5.41, 5.74) is 0. The van der Waals surface area contributed by atoms with Crippen LogP contribution in [0.5, 0.6) is 0 Å². The molecule has 0 N–H and O–H groups in total. The summed E-state index contributed by atoms with van der Waals surface area (Å²) in [5, 5.41) is 0. The van der Waals surface area contributed by atoms with Gasteiger partial charge in [-0.25, -0.2) is 0 Å². The third kappa shape index (κ3) is 7.18. The molecule has 0 saturated carbocycles. The van der Waals surface area contributed by atoms with Gasteiger partial charge < -0.3 is 9.53 Å². The van der Waals surface area contributed by atoms with E-state index in [9.17, 15) is 14.4 Å². The van der Waals surface area contributed by atoms with Crippen LogP contribution in [0.4, 0.5) is 0 Å². The lowest BCUT2D eigenvalue weighted by molar-refractivity contribution is -0.147. The minimum atomic E-state index is -0.392. The molecule has 4 nitrogen and oxygen atoms in total. The second-order valence-corrected chi connectivity index (χ2v) is 2.75. The molecule has 0 aliphatic rings. The lowest BCUT2D eigenvalue weighted by atomic mass is 10.2. The Morgan fingerprint density at radius 2 is 1.77 bits per heavy atom. The van der Waals surface area contributed by atoms with Crippen LogP contribution in [-0.2, 0) is 19.1 Å². The fourth-order valence-corrected chi connectivity index (χ4v) is 0.651. The second kappa shape index (κ2) is 6.34. The lowest BCUT2D eigenvalue weighted by Gasteiger charge is -2.00. The Morgan fingerprint density at radius 1 is 1.15 bits per heavy atom. The molecule has 0 unspecified atom stereocenters. The SMILES string of the molecule is CCC(=O)OCC(=O)CCC(C)=O. The Balaban J connectivity index is 3.52. The molecule has 0 aliphatic heterocycles. The van der Waals surface area contributed by atoms with Crippen LogP contribution in [0.15, 0.2) is 0 Å². The molecular weight excluding hydrogens is 172 g/mol. The Labute approximate surface area is 77.3 Å². The van der Waals surface area contributed by atoms with Gasteiger partial charge in [0.1, 0.15) is 12.4 Å². The molecule has 0 heterocycles. The highest BCUT2D eigenvalue weighted by Crippen LogP contribution is 1.94. The first-order valence-electron chi connectivity index (χ1n) is 4.23. The zero-order valence-electron chi connectivity index (χ0n) is 7.96. The molecule has 13 heavy (non-hydrogen) atoms. The molecule has 0 fully saturated rings. The molecule has 0 aromatic rings. The largest absolute Gasteiger partial charge is 0.458 e. The molecule has 0 saturated heterocycles. The van der Waals surface area contributed by atoms with Crippen molar-refractivity contribution < 1.29 is 19.1 Å². The van der Waals surface area contributed by atoms with Gasteiger partial charge in [-0.05, 0) is 6.92 Å². The number of hydrogen-bond acceptors (Lipinski definition) is 4. The number of carbonyl (C=O) groups excluding carboxylic acids is 3. The topological polar surface area (TPSA) is 60.4 Å². The summed E-state index contributed by atoms with van der Waals surface area (Å²) in [6, 6.07) is 0. The van der Waals surface area contributed by atoms with Crippen LogP contribution in [0.25, 0.3) is 0 Å². The minimum Gasteiger partial charge on any atom is -0.458 e. The van der Waals surface area contributed by atoms with E-state index in [0.29, 0.717) is 0 Å². The molecule has 74 valence electrons. The van der Waals surface area contributed by atoms with E-state index >= 15 is 0 Å². The van der Waals surface area contributed by atoms with Crippen LogP contribution in [0.2, 0.25) is 0 Å². The van der Waals surface area contributed by atoms with Gasteiger partial charge in [0, 0.05) is 19.3 Å². The number of carbonyl (C=O) groups is 3. The molecule has 0 spiro atoms. The third-order valence-electron chi connectivity index (χ3n) is 1.44. The van der Waals surface area contributed by atoms with Crippen molar-refractivity contribution in [3.8, 4) is 0 Å². The van der Waals surface area contributed by atoms with Crippen molar-refractivity contribution in [2.45, 2.75) is 33.1 Å². The zero-order valence-corrected chi connectivity index (χ0v) is 7.96. The summed E-state index contributed by atoms with van der Waals surface area (Å²) in [6.07, 6.45) is 0.648. The van der Waals surface area contributed by atoms with E-state index in [2.05, 4.69) is 4.74 Å². The maximum Gasteiger partial charge on any atom is 0.305 e. The van der Waals surface area contributed by atoms with Gasteiger partial charge in [-0.1, -0.05) is 6.92 Å². The van der Waals surface area contributed by atoms with Gasteiger partial charge in [-0.3, -0.25) is 9.59 Å². The van der Waals surface area contributed by atoms with E-state index < -0.39 is 5.97 Å². The van der Waals surface area contributed by atoms with Crippen molar-refractivity contribution in [1.29, 1.82) is 0 Å². The molecule has 0 amide bonds. The Bertz CT molecular complexity index is 208. The van der Waals surface area contributed by atoms with Gasteiger partial charge in [0.25, 0.3) is 0 Å². The fourth-order valence-electron chi connectivity index (χ4n) is 0.651. The monoisotopic (exact) mass is 186 g/mol. The highest BCUT2D eigenvalue weighted by atomic mass is 16.5. The number of esters is 1. The molecule has 0 aliphatic carbocycles. The van der Waals surface area contributed by atoms with Crippen LogP contribution in [-0.4, -0.2) is 24.1 Å². The Hall–Kier alpha value is -1.19. The molecule has 0 rings (SSSR count). The van der Waals surface area contributed by atoms with Crippen molar-refractivity contribution in [2.24, 2.45) is 0 Å². The third-order valence-corrected chi connectivity index (χ3v) is 1.44. The molecular formula is C9H14O4. The Kier molecular flexibility index (Phi) is 5.76. The van der Waals surface area contributed by atoms with Crippen molar-refractivity contribution in [3.05, 3.63) is 0 Å². The van der Waals surface area contributed by atoms with E-state index in [1.165, 1.54) is 6.92 Å². The summed E-state index contributed by atoms with van der Waals surface area (Å²) >= 11 is 0. The van der Waals surface area contributed by atoms with Gasteiger partial charge in [-0.2, -0.15) is 0 Å². The smallest absolute Gasteiger partial charge is 0.305 e. The molecule has 0 bridgehead atoms. The molecule has 0 radical (unpaired) electrons. The zero-order chi connectivity index (χ0) is 10.3. The maximum absolute atomic E-state index is 10.9. The fraction of sp³-hybridized carbons (Fsp3) is 0.667. The Morgan fingerprint density at radius 3 is 2.23 bits per heavy atom. The molecule has 4 heteroatoms. The molecule has 0 aromatic heterocycles. The molecule has 0 atom stereocenters. The number of hydrogen-bond donors (Lipinski definition) is 0. The van der Waals surface area contributed by atoms with Crippen LogP contribution >= 0.6 is 0 Å². The van der Waals surface area contributed by atoms with Gasteiger partial charge >= 0.3 is 5.97 Å². The number of Topliss-reactive ketones (excluding diaryl/α,β-unsaturated/α-hetero) is 2. The van der Waals surface area contributed by atoms with Crippen LogP contribution in [0.3, 0.4) is 0 Å². The quantitative estimate of drug-likeness (QED) is 0.578. The summed E-state index contributed by atoms with van der Waals surface area (Å²) in [6.45, 7) is 2.87. The highest BCUT2D eigenvalue weighted by Gasteiger charge is 2.06. The van der Waals surface area contributed by atoms with Gasteiger partial charge in [0.05, 0.1) is 0 Å². The van der Waals surface area contributed by atoms with E-state index in [-0.39, 0.29) is 37.4 Å². The first-order chi connectivity index (χ1) is 6.06. The van der Waals surface area contributed by atoms with Crippen molar-refractivity contribution >= 4 is 17.5 Å².